The number of fused-ring (bicyclic) bond motifs is 1. The molecule has 0 saturated carbocycles. The molecule has 1 spiro atoms. The number of benzene rings is 1. The number of aromatic nitrogens is 3. The van der Waals surface area contributed by atoms with Crippen molar-refractivity contribution in [3.05, 3.63) is 54.5 Å². The lowest BCUT2D eigenvalue weighted by molar-refractivity contribution is -0.139. The maximum atomic E-state index is 13.5. The fourth-order valence-corrected chi connectivity index (χ4v) is 5.21. The lowest BCUT2D eigenvalue weighted by Crippen LogP contribution is -2.60. The van der Waals surface area contributed by atoms with Gasteiger partial charge in [-0.1, -0.05) is 19.9 Å². The van der Waals surface area contributed by atoms with Crippen molar-refractivity contribution in [3.8, 4) is 0 Å². The van der Waals surface area contributed by atoms with E-state index in [4.69, 9.17) is 0 Å². The number of anilines is 1. The summed E-state index contributed by atoms with van der Waals surface area (Å²) in [6.07, 6.45) is 3.77. The first-order valence-corrected chi connectivity index (χ1v) is 12.3. The van der Waals surface area contributed by atoms with Crippen LogP contribution >= 0.6 is 0 Å². The molecule has 3 aromatic rings. The minimum atomic E-state index is -1.08. The number of nitrogens with one attached hydrogen (secondary N) is 2. The summed E-state index contributed by atoms with van der Waals surface area (Å²) in [7, 11) is 1.49. The zero-order chi connectivity index (χ0) is 26.3. The summed E-state index contributed by atoms with van der Waals surface area (Å²) in [4.78, 5) is 61.2. The van der Waals surface area contributed by atoms with Crippen molar-refractivity contribution in [2.24, 2.45) is 5.92 Å². The summed E-state index contributed by atoms with van der Waals surface area (Å²) in [6.45, 7) is 4.29. The lowest BCUT2D eigenvalue weighted by Gasteiger charge is -2.43. The summed E-state index contributed by atoms with van der Waals surface area (Å²) >= 11 is 0. The summed E-state index contributed by atoms with van der Waals surface area (Å²) in [5.74, 6) is -1.07. The number of aromatic amines is 1. The van der Waals surface area contributed by atoms with Gasteiger partial charge in [-0.05, 0) is 49.1 Å². The molecule has 5 rings (SSSR count). The van der Waals surface area contributed by atoms with E-state index >= 15 is 0 Å². The van der Waals surface area contributed by atoms with E-state index in [1.165, 1.54) is 13.2 Å². The van der Waals surface area contributed by atoms with Gasteiger partial charge in [0, 0.05) is 37.4 Å². The highest BCUT2D eigenvalue weighted by Gasteiger charge is 2.58. The van der Waals surface area contributed by atoms with Gasteiger partial charge < -0.3 is 10.2 Å². The molecule has 2 aliphatic rings. The highest BCUT2D eigenvalue weighted by molar-refractivity contribution is 6.17. The average molecular weight is 504 g/mol. The number of piperidine rings is 1. The van der Waals surface area contributed by atoms with Gasteiger partial charge >= 0.3 is 6.03 Å². The van der Waals surface area contributed by atoms with Crippen molar-refractivity contribution in [2.45, 2.75) is 38.3 Å². The first kappa shape index (κ1) is 24.4. The Balaban J connectivity index is 1.36. The van der Waals surface area contributed by atoms with E-state index in [0.29, 0.717) is 5.69 Å². The fourth-order valence-electron chi connectivity index (χ4n) is 5.21. The van der Waals surface area contributed by atoms with Crippen molar-refractivity contribution in [1.29, 1.82) is 0 Å². The third-order valence-corrected chi connectivity index (χ3v) is 7.31. The van der Waals surface area contributed by atoms with Gasteiger partial charge in [0.15, 0.2) is 0 Å². The number of amides is 5. The second-order valence-corrected chi connectivity index (χ2v) is 9.89. The minimum Gasteiger partial charge on any atom is -0.341 e. The van der Waals surface area contributed by atoms with E-state index in [0.717, 1.165) is 15.8 Å². The normalized spacial score (nSPS) is 18.2. The number of imide groups is 1. The average Bonchev–Trinajstić information content (AvgIpc) is 3.45. The summed E-state index contributed by atoms with van der Waals surface area (Å²) < 4.78 is 0. The van der Waals surface area contributed by atoms with Crippen LogP contribution in [-0.4, -0.2) is 80.5 Å². The Hall–Kier alpha value is -4.28. The minimum absolute atomic E-state index is 0.157. The molecule has 1 aromatic carbocycles. The van der Waals surface area contributed by atoms with Crippen molar-refractivity contribution < 1.29 is 19.2 Å². The zero-order valence-corrected chi connectivity index (χ0v) is 21.0. The topological polar surface area (TPSA) is 132 Å². The number of likely N-dealkylation sites (tertiary alicyclic amines) is 1. The van der Waals surface area contributed by atoms with Crippen molar-refractivity contribution in [1.82, 2.24) is 30.3 Å². The molecule has 0 bridgehead atoms. The highest BCUT2D eigenvalue weighted by atomic mass is 16.2. The quantitative estimate of drug-likeness (QED) is 0.513. The van der Waals surface area contributed by atoms with Gasteiger partial charge in [-0.25, -0.2) is 4.79 Å². The van der Waals surface area contributed by atoms with Gasteiger partial charge in [0.25, 0.3) is 11.8 Å². The number of urea groups is 1. The van der Waals surface area contributed by atoms with Crippen LogP contribution in [0.25, 0.3) is 10.9 Å². The van der Waals surface area contributed by atoms with Crippen LogP contribution in [0.2, 0.25) is 0 Å². The molecule has 5 amide bonds. The molecule has 2 aliphatic heterocycles. The van der Waals surface area contributed by atoms with Crippen LogP contribution in [-0.2, 0) is 9.59 Å². The first-order valence-electron chi connectivity index (χ1n) is 12.3. The van der Waals surface area contributed by atoms with Gasteiger partial charge in [-0.15, -0.1) is 0 Å². The maximum Gasteiger partial charge on any atom is 0.331 e. The lowest BCUT2D eigenvalue weighted by atomic mass is 9.85. The summed E-state index contributed by atoms with van der Waals surface area (Å²) in [6, 6.07) is 9.35. The van der Waals surface area contributed by atoms with Gasteiger partial charge in [0.05, 0.1) is 11.7 Å². The van der Waals surface area contributed by atoms with Crippen LogP contribution < -0.4 is 10.2 Å². The monoisotopic (exact) mass is 503 g/mol. The molecule has 1 atom stereocenters. The SMILES string of the molecule is CC(C)C(NC(=O)c1ccccn1)C(=O)N1CCC2(CC1)C(=O)N(C)C(=O)N2c1ccc2[nH]ncc2c1. The Morgan fingerprint density at radius 3 is 2.54 bits per heavy atom. The summed E-state index contributed by atoms with van der Waals surface area (Å²) in [5.41, 5.74) is 0.600. The Morgan fingerprint density at radius 1 is 1.11 bits per heavy atom. The number of carbonyl (C=O) groups is 4. The predicted octanol–water partition coefficient (Wildman–Crippen LogP) is 2.17. The van der Waals surface area contributed by atoms with Crippen LogP contribution in [0.5, 0.6) is 0 Å². The number of hydrogen-bond donors (Lipinski definition) is 2. The number of rotatable bonds is 5. The molecule has 11 heteroatoms. The molecule has 11 nitrogen and oxygen atoms in total. The molecule has 2 aromatic heterocycles. The van der Waals surface area contributed by atoms with Crippen LogP contribution in [0.4, 0.5) is 10.5 Å². The van der Waals surface area contributed by atoms with E-state index < -0.39 is 23.5 Å². The molecule has 2 fully saturated rings. The number of carbonyl (C=O) groups excluding carboxylic acids is 4. The molecule has 0 radical (unpaired) electrons. The number of H-pyrrole nitrogens is 1. The highest BCUT2D eigenvalue weighted by Crippen LogP contribution is 2.41. The largest absolute Gasteiger partial charge is 0.341 e. The van der Waals surface area contributed by atoms with Crippen LogP contribution in [0.15, 0.2) is 48.8 Å². The zero-order valence-electron chi connectivity index (χ0n) is 21.0. The summed E-state index contributed by atoms with van der Waals surface area (Å²) in [5, 5.41) is 10.6. The third-order valence-electron chi connectivity index (χ3n) is 7.31. The number of hydrogen-bond acceptors (Lipinski definition) is 6. The molecule has 1 unspecified atom stereocenters. The van der Waals surface area contributed by atoms with Gasteiger partial charge in [-0.2, -0.15) is 5.10 Å². The van der Waals surface area contributed by atoms with E-state index in [9.17, 15) is 19.2 Å². The number of nitrogens with zero attached hydrogens (tertiary/aromatic N) is 5. The molecule has 0 aliphatic carbocycles. The van der Waals surface area contributed by atoms with E-state index in [1.54, 1.807) is 40.3 Å². The number of likely N-dealkylation sites (N-methyl/N-ethyl adjacent to an activating group) is 1. The fraction of sp³-hybridized carbons (Fsp3) is 0.385. The van der Waals surface area contributed by atoms with Crippen LogP contribution in [0, 0.1) is 5.92 Å². The number of pyridine rings is 1. The third kappa shape index (κ3) is 4.09. The van der Waals surface area contributed by atoms with Crippen molar-refractivity contribution in [2.75, 3.05) is 25.0 Å². The van der Waals surface area contributed by atoms with E-state index in [2.05, 4.69) is 20.5 Å². The van der Waals surface area contributed by atoms with Crippen molar-refractivity contribution in [3.63, 3.8) is 0 Å². The van der Waals surface area contributed by atoms with Gasteiger partial charge in [0.1, 0.15) is 17.3 Å². The van der Waals surface area contributed by atoms with Crippen LogP contribution in [0.1, 0.15) is 37.2 Å². The van der Waals surface area contributed by atoms with E-state index in [-0.39, 0.29) is 49.4 Å². The Morgan fingerprint density at radius 2 is 1.86 bits per heavy atom. The molecule has 37 heavy (non-hydrogen) atoms. The Kier molecular flexibility index (Phi) is 6.14. The second kappa shape index (κ2) is 9.30. The molecule has 192 valence electrons. The molecule has 2 N–H and O–H groups in total. The molecular formula is C26H29N7O4. The first-order chi connectivity index (χ1) is 17.7. The predicted molar refractivity (Wildman–Crippen MR) is 136 cm³/mol. The second-order valence-electron chi connectivity index (χ2n) is 9.89. The molecule has 4 heterocycles. The smallest absolute Gasteiger partial charge is 0.331 e. The molecular weight excluding hydrogens is 474 g/mol. The molecule has 2 saturated heterocycles. The van der Waals surface area contributed by atoms with E-state index in [1.807, 2.05) is 26.0 Å². The standard InChI is InChI=1S/C26H29N7O4/c1-16(2)21(29-22(34)20-6-4-5-11-27-20)23(35)32-12-9-26(10-13-32)24(36)31(3)25(37)33(26)18-7-8-19-17(14-18)15-28-30-19/h4-8,11,14-16,21H,9-10,12-13H2,1-3H3,(H,28,30)(H,29,34). The van der Waals surface area contributed by atoms with Crippen molar-refractivity contribution >= 4 is 40.3 Å². The van der Waals surface area contributed by atoms with Gasteiger partial charge in [-0.3, -0.25) is 34.3 Å². The maximum absolute atomic E-state index is 13.5. The Bertz CT molecular complexity index is 1360. The van der Waals surface area contributed by atoms with Crippen LogP contribution in [0.3, 0.4) is 0 Å². The Labute approximate surface area is 213 Å². The van der Waals surface area contributed by atoms with Gasteiger partial charge in [0.2, 0.25) is 5.91 Å².